The van der Waals surface area contributed by atoms with Crippen molar-refractivity contribution in [2.75, 3.05) is 0 Å². The Morgan fingerprint density at radius 1 is 0.556 bits per heavy atom. The van der Waals surface area contributed by atoms with E-state index >= 15 is 0 Å². The zero-order chi connectivity index (χ0) is 24.4. The molecule has 0 saturated carbocycles. The van der Waals surface area contributed by atoms with Gasteiger partial charge in [-0.3, -0.25) is 4.79 Å². The summed E-state index contributed by atoms with van der Waals surface area (Å²) in [6.45, 7) is 4.35. The maximum atomic E-state index is 13.0. The Morgan fingerprint density at radius 2 is 1.17 bits per heavy atom. The molecule has 7 rings (SSSR count). The number of hydrogen-bond donors (Lipinski definition) is 0. The van der Waals surface area contributed by atoms with Gasteiger partial charge in [0.25, 0.3) is 0 Å². The minimum atomic E-state index is 0.00313. The molecule has 0 aliphatic rings. The molecule has 0 bridgehead atoms. The third-order valence-corrected chi connectivity index (χ3v) is 7.23. The zero-order valence-corrected chi connectivity index (χ0v) is 20.1. The number of rotatable bonds is 2. The van der Waals surface area contributed by atoms with Crippen LogP contribution in [-0.4, -0.2) is 4.57 Å². The summed E-state index contributed by atoms with van der Waals surface area (Å²) >= 11 is 0. The van der Waals surface area contributed by atoms with E-state index in [1.807, 2.05) is 42.5 Å². The molecule has 3 nitrogen and oxygen atoms in total. The van der Waals surface area contributed by atoms with Crippen molar-refractivity contribution >= 4 is 43.7 Å². The molecule has 2 aromatic heterocycles. The van der Waals surface area contributed by atoms with Crippen molar-refractivity contribution in [2.45, 2.75) is 13.8 Å². The van der Waals surface area contributed by atoms with Crippen molar-refractivity contribution in [1.29, 1.82) is 0 Å². The van der Waals surface area contributed by atoms with Gasteiger partial charge in [0.1, 0.15) is 11.2 Å². The molecular weight excluding hydrogens is 442 g/mol. The maximum absolute atomic E-state index is 13.0. The van der Waals surface area contributed by atoms with Crippen LogP contribution >= 0.6 is 0 Å². The molecule has 0 unspecified atom stereocenters. The van der Waals surface area contributed by atoms with Crippen LogP contribution in [0.2, 0.25) is 0 Å². The molecule has 0 fully saturated rings. The Kier molecular flexibility index (Phi) is 4.43. The van der Waals surface area contributed by atoms with Gasteiger partial charge in [0.15, 0.2) is 0 Å². The van der Waals surface area contributed by atoms with E-state index in [0.29, 0.717) is 21.9 Å². The summed E-state index contributed by atoms with van der Waals surface area (Å²) in [6, 6.07) is 34.9. The number of benzene rings is 5. The Bertz CT molecular complexity index is 1980. The van der Waals surface area contributed by atoms with Gasteiger partial charge in [-0.05, 0) is 72.5 Å². The van der Waals surface area contributed by atoms with Crippen LogP contribution in [0.3, 0.4) is 0 Å². The fraction of sp³-hybridized carbons (Fsp3) is 0.0606. The number of para-hydroxylation sites is 3. The first-order valence-corrected chi connectivity index (χ1v) is 12.2. The van der Waals surface area contributed by atoms with Gasteiger partial charge in [0.2, 0.25) is 5.43 Å². The minimum absolute atomic E-state index is 0.00313. The van der Waals surface area contributed by atoms with Gasteiger partial charge in [0.05, 0.1) is 21.8 Å². The number of nitrogens with zero attached hydrogens (tertiary/aromatic N) is 1. The lowest BCUT2D eigenvalue weighted by molar-refractivity contribution is 0.660. The molecule has 5 aromatic carbocycles. The lowest BCUT2D eigenvalue weighted by atomic mass is 10.0. The molecule has 2 heterocycles. The van der Waals surface area contributed by atoms with Crippen molar-refractivity contribution in [3.8, 4) is 16.8 Å². The Labute approximate surface area is 207 Å². The van der Waals surface area contributed by atoms with Crippen molar-refractivity contribution in [3.05, 3.63) is 124 Å². The highest BCUT2D eigenvalue weighted by Gasteiger charge is 2.16. The summed E-state index contributed by atoms with van der Waals surface area (Å²) < 4.78 is 8.52. The number of aromatic nitrogens is 1. The minimum Gasteiger partial charge on any atom is -0.456 e. The molecule has 172 valence electrons. The van der Waals surface area contributed by atoms with Gasteiger partial charge in [-0.15, -0.1) is 0 Å². The Hall–Kier alpha value is -4.63. The van der Waals surface area contributed by atoms with Crippen molar-refractivity contribution in [1.82, 2.24) is 4.57 Å². The van der Waals surface area contributed by atoms with E-state index in [1.165, 1.54) is 32.9 Å². The van der Waals surface area contributed by atoms with Gasteiger partial charge in [-0.2, -0.15) is 0 Å². The maximum Gasteiger partial charge on any atom is 0.200 e. The molecule has 36 heavy (non-hydrogen) atoms. The van der Waals surface area contributed by atoms with Crippen LogP contribution in [0.4, 0.5) is 0 Å². The van der Waals surface area contributed by atoms with Crippen LogP contribution in [0.15, 0.2) is 112 Å². The summed E-state index contributed by atoms with van der Waals surface area (Å²) in [4.78, 5) is 13.0. The second-order valence-electron chi connectivity index (χ2n) is 9.47. The number of hydrogen-bond acceptors (Lipinski definition) is 2. The number of fused-ring (bicyclic) bond motifs is 5. The molecule has 7 aromatic rings. The van der Waals surface area contributed by atoms with E-state index in [2.05, 4.69) is 79.1 Å². The van der Waals surface area contributed by atoms with E-state index < -0.39 is 0 Å². The molecule has 0 aliphatic heterocycles. The van der Waals surface area contributed by atoms with Crippen molar-refractivity contribution in [3.63, 3.8) is 0 Å². The van der Waals surface area contributed by atoms with Gasteiger partial charge < -0.3 is 8.98 Å². The summed E-state index contributed by atoms with van der Waals surface area (Å²) in [7, 11) is 0. The molecule has 0 radical (unpaired) electrons. The van der Waals surface area contributed by atoms with Crippen LogP contribution < -0.4 is 5.43 Å². The van der Waals surface area contributed by atoms with E-state index in [1.54, 1.807) is 0 Å². The van der Waals surface area contributed by atoms with Crippen LogP contribution in [-0.2, 0) is 0 Å². The second-order valence-corrected chi connectivity index (χ2v) is 9.47. The first-order valence-electron chi connectivity index (χ1n) is 12.2. The van der Waals surface area contributed by atoms with E-state index in [-0.39, 0.29) is 5.43 Å². The third-order valence-electron chi connectivity index (χ3n) is 7.23. The predicted octanol–water partition coefficient (Wildman–Crippen LogP) is 8.33. The lowest BCUT2D eigenvalue weighted by Crippen LogP contribution is -2.01. The molecule has 3 heteroatoms. The average molecular weight is 466 g/mol. The SMILES string of the molecule is Cc1cccc2c3cccc(C)c3n(-c3cccc(-c4ccc5c(=O)c6ccccc6oc5c4)c3)c12. The molecule has 0 N–H and O–H groups in total. The zero-order valence-electron chi connectivity index (χ0n) is 20.1. The van der Waals surface area contributed by atoms with Gasteiger partial charge in [0, 0.05) is 16.5 Å². The largest absolute Gasteiger partial charge is 0.456 e. The quantitative estimate of drug-likeness (QED) is 0.241. The fourth-order valence-electron chi connectivity index (χ4n) is 5.52. The van der Waals surface area contributed by atoms with E-state index in [0.717, 1.165) is 16.8 Å². The molecule has 0 atom stereocenters. The summed E-state index contributed by atoms with van der Waals surface area (Å²) in [6.07, 6.45) is 0. The summed E-state index contributed by atoms with van der Waals surface area (Å²) in [5, 5.41) is 3.73. The Balaban J connectivity index is 1.47. The van der Waals surface area contributed by atoms with Gasteiger partial charge in [-0.25, -0.2) is 0 Å². The highest BCUT2D eigenvalue weighted by molar-refractivity contribution is 6.11. The molecule has 0 saturated heterocycles. The summed E-state index contributed by atoms with van der Waals surface area (Å²) in [5.41, 5.74) is 9.35. The molecule has 0 amide bonds. The van der Waals surface area contributed by atoms with Crippen molar-refractivity contribution in [2.24, 2.45) is 0 Å². The average Bonchev–Trinajstić information content (AvgIpc) is 3.26. The number of aryl methyl sites for hydroxylation is 2. The molecular formula is C33H23NO2. The van der Waals surface area contributed by atoms with Gasteiger partial charge >= 0.3 is 0 Å². The Morgan fingerprint density at radius 3 is 1.92 bits per heavy atom. The summed E-state index contributed by atoms with van der Waals surface area (Å²) in [5.74, 6) is 0. The fourth-order valence-corrected chi connectivity index (χ4v) is 5.52. The first-order chi connectivity index (χ1) is 17.6. The third kappa shape index (κ3) is 2.96. The monoisotopic (exact) mass is 465 g/mol. The standard InChI is InChI=1S/C33H23NO2/c1-20-8-5-13-25-26-14-6-9-21(2)32(26)34(31(20)25)24-11-7-10-22(18-24)23-16-17-28-30(19-23)36-29-15-4-3-12-27(29)33(28)35/h3-19H,1-2H3. The highest BCUT2D eigenvalue weighted by atomic mass is 16.3. The lowest BCUT2D eigenvalue weighted by Gasteiger charge is -2.13. The predicted molar refractivity (Wildman–Crippen MR) is 149 cm³/mol. The topological polar surface area (TPSA) is 35.1 Å². The smallest absolute Gasteiger partial charge is 0.200 e. The van der Waals surface area contributed by atoms with E-state index in [9.17, 15) is 4.79 Å². The van der Waals surface area contributed by atoms with Crippen LogP contribution in [0.1, 0.15) is 11.1 Å². The van der Waals surface area contributed by atoms with Crippen LogP contribution in [0.25, 0.3) is 60.6 Å². The normalized spacial score (nSPS) is 11.7. The molecule has 0 spiro atoms. The van der Waals surface area contributed by atoms with E-state index in [4.69, 9.17) is 4.42 Å². The first kappa shape index (κ1) is 20.7. The van der Waals surface area contributed by atoms with Gasteiger partial charge in [-0.1, -0.05) is 66.7 Å². The molecule has 0 aliphatic carbocycles. The van der Waals surface area contributed by atoms with Crippen molar-refractivity contribution < 1.29 is 4.42 Å². The van der Waals surface area contributed by atoms with Crippen LogP contribution in [0.5, 0.6) is 0 Å². The van der Waals surface area contributed by atoms with Crippen LogP contribution in [0, 0.1) is 13.8 Å². The second kappa shape index (κ2) is 7.69. The highest BCUT2D eigenvalue weighted by Crippen LogP contribution is 2.36.